The second-order valence-corrected chi connectivity index (χ2v) is 7.11. The number of carbonyl (C=O) groups excluding carboxylic acids is 1. The van der Waals surface area contributed by atoms with Crippen molar-refractivity contribution in [3.63, 3.8) is 0 Å². The molecule has 150 valence electrons. The third-order valence-electron chi connectivity index (χ3n) is 4.15. The van der Waals surface area contributed by atoms with Gasteiger partial charge in [-0.3, -0.25) is 4.79 Å². The summed E-state index contributed by atoms with van der Waals surface area (Å²) in [6.45, 7) is 0.736. The molecule has 0 radical (unpaired) electrons. The predicted molar refractivity (Wildman–Crippen MR) is 115 cm³/mol. The summed E-state index contributed by atoms with van der Waals surface area (Å²) in [6.07, 6.45) is 0. The van der Waals surface area contributed by atoms with Crippen molar-refractivity contribution in [2.45, 2.75) is 13.2 Å². The lowest BCUT2D eigenvalue weighted by molar-refractivity contribution is -0.123. The monoisotopic (exact) mass is 455 g/mol. The highest BCUT2D eigenvalue weighted by Crippen LogP contribution is 2.27. The van der Waals surface area contributed by atoms with Crippen molar-refractivity contribution in [3.8, 4) is 17.2 Å². The molecule has 1 N–H and O–H groups in total. The van der Waals surface area contributed by atoms with Gasteiger partial charge < -0.3 is 19.5 Å². The zero-order valence-electron chi connectivity index (χ0n) is 16.1. The maximum Gasteiger partial charge on any atom is 0.258 e. The number of benzene rings is 3. The summed E-state index contributed by atoms with van der Waals surface area (Å²) >= 11 is 3.44. The summed E-state index contributed by atoms with van der Waals surface area (Å²) in [6, 6.07) is 22.9. The van der Waals surface area contributed by atoms with Crippen LogP contribution in [0, 0.1) is 0 Å². The largest absolute Gasteiger partial charge is 0.496 e. The van der Waals surface area contributed by atoms with Gasteiger partial charge in [-0.25, -0.2) is 0 Å². The van der Waals surface area contributed by atoms with Crippen molar-refractivity contribution < 1.29 is 19.0 Å². The molecule has 0 aliphatic carbocycles. The number of amides is 1. The van der Waals surface area contributed by atoms with Gasteiger partial charge in [0.15, 0.2) is 18.1 Å². The average Bonchev–Trinajstić information content (AvgIpc) is 2.76. The molecule has 0 heterocycles. The summed E-state index contributed by atoms with van der Waals surface area (Å²) in [5, 5.41) is 2.84. The molecule has 3 aromatic carbocycles. The fourth-order valence-electron chi connectivity index (χ4n) is 2.64. The van der Waals surface area contributed by atoms with Crippen molar-refractivity contribution in [1.82, 2.24) is 5.32 Å². The molecule has 0 spiro atoms. The maximum absolute atomic E-state index is 12.2. The van der Waals surface area contributed by atoms with Gasteiger partial charge in [0, 0.05) is 6.54 Å². The Balaban J connectivity index is 1.50. The Morgan fingerprint density at radius 3 is 2.24 bits per heavy atom. The first-order valence-corrected chi connectivity index (χ1v) is 9.92. The molecule has 0 saturated heterocycles. The number of para-hydroxylation sites is 2. The Kier molecular flexibility index (Phi) is 7.53. The minimum atomic E-state index is -0.213. The topological polar surface area (TPSA) is 56.8 Å². The van der Waals surface area contributed by atoms with Crippen molar-refractivity contribution >= 4 is 21.8 Å². The Bertz CT molecular complexity index is 947. The molecule has 0 unspecified atom stereocenters. The van der Waals surface area contributed by atoms with Crippen LogP contribution in [0.2, 0.25) is 0 Å². The zero-order valence-corrected chi connectivity index (χ0v) is 17.6. The highest BCUT2D eigenvalue weighted by Gasteiger charge is 2.09. The van der Waals surface area contributed by atoms with Gasteiger partial charge in [0.25, 0.3) is 5.91 Å². The predicted octanol–water partition coefficient (Wildman–Crippen LogP) is 4.73. The van der Waals surface area contributed by atoms with Gasteiger partial charge in [-0.15, -0.1) is 0 Å². The van der Waals surface area contributed by atoms with Gasteiger partial charge >= 0.3 is 0 Å². The van der Waals surface area contributed by atoms with Crippen LogP contribution in [0.3, 0.4) is 0 Å². The molecule has 0 aliphatic rings. The van der Waals surface area contributed by atoms with E-state index in [9.17, 15) is 4.79 Å². The lowest BCUT2D eigenvalue weighted by Gasteiger charge is -2.13. The quantitative estimate of drug-likeness (QED) is 0.506. The van der Waals surface area contributed by atoms with Gasteiger partial charge in [-0.2, -0.15) is 0 Å². The fraction of sp³-hybridized carbons (Fsp3) is 0.174. The first-order valence-electron chi connectivity index (χ1n) is 9.13. The summed E-state index contributed by atoms with van der Waals surface area (Å²) in [5.41, 5.74) is 2.02. The molecular weight excluding hydrogens is 434 g/mol. The second kappa shape index (κ2) is 10.5. The molecule has 3 rings (SSSR count). The standard InChI is InChI=1S/C23H22BrNO4/c1-27-20-12-11-18(13-19(20)24)14-25-23(26)16-29-22-10-6-5-9-21(22)28-15-17-7-3-2-4-8-17/h2-13H,14-16H2,1H3,(H,25,26). The fourth-order valence-corrected chi connectivity index (χ4v) is 3.23. The summed E-state index contributed by atoms with van der Waals surface area (Å²) in [5.74, 6) is 1.67. The minimum absolute atomic E-state index is 0.0942. The average molecular weight is 456 g/mol. The zero-order chi connectivity index (χ0) is 20.5. The normalized spacial score (nSPS) is 10.3. The second-order valence-electron chi connectivity index (χ2n) is 6.26. The minimum Gasteiger partial charge on any atom is -0.496 e. The van der Waals surface area contributed by atoms with Crippen LogP contribution >= 0.6 is 15.9 Å². The molecule has 0 aliphatic heterocycles. The van der Waals surface area contributed by atoms with Crippen LogP contribution in [-0.2, 0) is 17.9 Å². The van der Waals surface area contributed by atoms with Crippen LogP contribution < -0.4 is 19.5 Å². The van der Waals surface area contributed by atoms with Crippen molar-refractivity contribution in [2.75, 3.05) is 13.7 Å². The number of halogens is 1. The first kappa shape index (κ1) is 20.7. The Morgan fingerprint density at radius 2 is 1.55 bits per heavy atom. The van der Waals surface area contributed by atoms with Crippen molar-refractivity contribution in [2.24, 2.45) is 0 Å². The molecular formula is C23H22BrNO4. The van der Waals surface area contributed by atoms with Gasteiger partial charge in [0.2, 0.25) is 0 Å². The Hall–Kier alpha value is -2.99. The highest BCUT2D eigenvalue weighted by atomic mass is 79.9. The van der Waals surface area contributed by atoms with Crippen LogP contribution in [0.5, 0.6) is 17.2 Å². The van der Waals surface area contributed by atoms with E-state index in [-0.39, 0.29) is 12.5 Å². The van der Waals surface area contributed by atoms with Gasteiger partial charge in [-0.1, -0.05) is 48.5 Å². The highest BCUT2D eigenvalue weighted by molar-refractivity contribution is 9.10. The molecule has 0 fully saturated rings. The van der Waals surface area contributed by atoms with Crippen LogP contribution in [0.25, 0.3) is 0 Å². The molecule has 0 saturated carbocycles. The van der Waals surface area contributed by atoms with E-state index in [4.69, 9.17) is 14.2 Å². The van der Waals surface area contributed by atoms with Crippen LogP contribution in [-0.4, -0.2) is 19.6 Å². The van der Waals surface area contributed by atoms with E-state index in [1.807, 2.05) is 66.7 Å². The maximum atomic E-state index is 12.2. The van der Waals surface area contributed by atoms with Gasteiger partial charge in [0.05, 0.1) is 11.6 Å². The number of methoxy groups -OCH3 is 1. The lowest BCUT2D eigenvalue weighted by atomic mass is 10.2. The molecule has 1 amide bonds. The third kappa shape index (κ3) is 6.26. The third-order valence-corrected chi connectivity index (χ3v) is 4.77. The van der Waals surface area contributed by atoms with E-state index in [1.165, 1.54) is 0 Å². The van der Waals surface area contributed by atoms with E-state index in [0.29, 0.717) is 24.7 Å². The molecule has 0 bridgehead atoms. The van der Waals surface area contributed by atoms with E-state index < -0.39 is 0 Å². The Labute approximate surface area is 178 Å². The first-order chi connectivity index (χ1) is 14.2. The molecule has 5 nitrogen and oxygen atoms in total. The SMILES string of the molecule is COc1ccc(CNC(=O)COc2ccccc2OCc2ccccc2)cc1Br. The lowest BCUT2D eigenvalue weighted by Crippen LogP contribution is -2.28. The van der Waals surface area contributed by atoms with E-state index >= 15 is 0 Å². The number of rotatable bonds is 9. The smallest absolute Gasteiger partial charge is 0.258 e. The van der Waals surface area contributed by atoms with Crippen LogP contribution in [0.1, 0.15) is 11.1 Å². The van der Waals surface area contributed by atoms with Gasteiger partial charge in [-0.05, 0) is 51.3 Å². The number of nitrogens with one attached hydrogen (secondary N) is 1. The number of hydrogen-bond donors (Lipinski definition) is 1. The summed E-state index contributed by atoms with van der Waals surface area (Å²) in [7, 11) is 1.61. The van der Waals surface area contributed by atoms with Gasteiger partial charge in [0.1, 0.15) is 12.4 Å². The van der Waals surface area contributed by atoms with E-state index in [0.717, 1.165) is 21.3 Å². The number of hydrogen-bond acceptors (Lipinski definition) is 4. The molecule has 29 heavy (non-hydrogen) atoms. The van der Waals surface area contributed by atoms with Crippen LogP contribution in [0.15, 0.2) is 77.3 Å². The van der Waals surface area contributed by atoms with Crippen LogP contribution in [0.4, 0.5) is 0 Å². The van der Waals surface area contributed by atoms with Crippen molar-refractivity contribution in [1.29, 1.82) is 0 Å². The molecule has 6 heteroatoms. The summed E-state index contributed by atoms with van der Waals surface area (Å²) in [4.78, 5) is 12.2. The molecule has 0 atom stereocenters. The number of ether oxygens (including phenoxy) is 3. The van der Waals surface area contributed by atoms with E-state index in [1.54, 1.807) is 13.2 Å². The molecule has 3 aromatic rings. The Morgan fingerprint density at radius 1 is 0.862 bits per heavy atom. The van der Waals surface area contributed by atoms with E-state index in [2.05, 4.69) is 21.2 Å². The molecule has 0 aromatic heterocycles. The summed E-state index contributed by atoms with van der Waals surface area (Å²) < 4.78 is 17.6. The van der Waals surface area contributed by atoms with Crippen molar-refractivity contribution in [3.05, 3.63) is 88.4 Å². The number of carbonyl (C=O) groups is 1.